The van der Waals surface area contributed by atoms with Crippen LogP contribution >= 0.6 is 0 Å². The van der Waals surface area contributed by atoms with Crippen molar-refractivity contribution in [3.05, 3.63) is 41.0 Å². The number of amides is 1. The molecule has 2 unspecified atom stereocenters. The number of imidazole rings is 1. The zero-order valence-corrected chi connectivity index (χ0v) is 16.3. The molecule has 146 valence electrons. The maximum absolute atomic E-state index is 12.6. The molecular weight excluding hydrogens is 362 g/mol. The molecule has 2 bridgehead atoms. The molecule has 1 saturated carbocycles. The summed E-state index contributed by atoms with van der Waals surface area (Å²) >= 11 is 0. The number of nitriles is 1. The van der Waals surface area contributed by atoms with Crippen molar-refractivity contribution in [3.8, 4) is 6.07 Å². The average molecular weight is 385 g/mol. The van der Waals surface area contributed by atoms with Crippen LogP contribution in [0.4, 0.5) is 5.82 Å². The summed E-state index contributed by atoms with van der Waals surface area (Å²) in [5.41, 5.74) is 11.6. The number of benzene rings is 1. The van der Waals surface area contributed by atoms with Gasteiger partial charge >= 0.3 is 0 Å². The maximum atomic E-state index is 12.6. The summed E-state index contributed by atoms with van der Waals surface area (Å²) in [5.74, 6) is 1.86. The lowest BCUT2D eigenvalue weighted by atomic mass is 9.87. The highest BCUT2D eigenvalue weighted by atomic mass is 16.1. The van der Waals surface area contributed by atoms with Crippen LogP contribution in [-0.2, 0) is 0 Å². The van der Waals surface area contributed by atoms with Gasteiger partial charge in [-0.25, -0.2) is 4.98 Å². The molecule has 29 heavy (non-hydrogen) atoms. The molecule has 1 amide bonds. The van der Waals surface area contributed by atoms with Crippen molar-refractivity contribution >= 4 is 28.4 Å². The minimum absolute atomic E-state index is 0.135. The van der Waals surface area contributed by atoms with Gasteiger partial charge in [-0.1, -0.05) is 12.1 Å². The molecule has 6 rings (SSSR count). The normalized spacial score (nSPS) is 23.6. The Morgan fingerprint density at radius 1 is 1.10 bits per heavy atom. The van der Waals surface area contributed by atoms with Gasteiger partial charge in [0.1, 0.15) is 5.82 Å². The molecule has 3 aromatic rings. The number of fused-ring (bicyclic) bond motifs is 8. The minimum Gasteiger partial charge on any atom is -0.365 e. The van der Waals surface area contributed by atoms with Crippen LogP contribution in [0.25, 0.3) is 16.7 Å². The first-order chi connectivity index (χ1) is 14.2. The number of hydrogen-bond donors (Lipinski definition) is 1. The van der Waals surface area contributed by atoms with Crippen molar-refractivity contribution < 1.29 is 4.79 Å². The van der Waals surface area contributed by atoms with Gasteiger partial charge in [0, 0.05) is 24.6 Å². The highest BCUT2D eigenvalue weighted by Crippen LogP contribution is 2.58. The zero-order valence-electron chi connectivity index (χ0n) is 16.3. The highest BCUT2D eigenvalue weighted by Gasteiger charge is 2.44. The summed E-state index contributed by atoms with van der Waals surface area (Å²) in [6, 6.07) is 10.5. The smallest absolute Gasteiger partial charge is 0.252 e. The summed E-state index contributed by atoms with van der Waals surface area (Å²) in [7, 11) is 0. The van der Waals surface area contributed by atoms with Crippen molar-refractivity contribution in [3.63, 3.8) is 0 Å². The van der Waals surface area contributed by atoms with E-state index < -0.39 is 0 Å². The predicted molar refractivity (Wildman–Crippen MR) is 111 cm³/mol. The van der Waals surface area contributed by atoms with Crippen LogP contribution in [0, 0.1) is 17.2 Å². The third kappa shape index (κ3) is 2.21. The van der Waals surface area contributed by atoms with Gasteiger partial charge in [0.25, 0.3) is 5.91 Å². The van der Waals surface area contributed by atoms with Crippen LogP contribution in [0.15, 0.2) is 24.3 Å². The molecule has 2 fully saturated rings. The maximum Gasteiger partial charge on any atom is 0.252 e. The SMILES string of the molecule is N#CC1CCN(c2c3c(c(C(N)=O)c4nc5ccccc5n24)C2CCC3C2)CC1. The van der Waals surface area contributed by atoms with E-state index >= 15 is 0 Å². The van der Waals surface area contributed by atoms with E-state index in [2.05, 4.69) is 21.4 Å². The Hall–Kier alpha value is -3.07. The molecule has 2 N–H and O–H groups in total. The Morgan fingerprint density at radius 3 is 2.55 bits per heavy atom. The zero-order chi connectivity index (χ0) is 19.7. The third-order valence-corrected chi connectivity index (χ3v) is 7.27. The van der Waals surface area contributed by atoms with Crippen molar-refractivity contribution in [1.29, 1.82) is 5.26 Å². The standard InChI is InChI=1S/C23H23N5O/c24-12-13-7-9-27(10-8-13)23-19-15-6-5-14(11-15)18(19)20(21(25)29)22-26-16-3-1-2-4-17(16)28(22)23/h1-4,13-15H,5-11H2,(H2,25,29). The molecule has 2 atom stereocenters. The largest absolute Gasteiger partial charge is 0.365 e. The van der Waals surface area contributed by atoms with E-state index in [4.69, 9.17) is 10.7 Å². The van der Waals surface area contributed by atoms with Crippen molar-refractivity contribution in [2.24, 2.45) is 11.7 Å². The second kappa shape index (κ2) is 5.96. The van der Waals surface area contributed by atoms with Gasteiger partial charge in [-0.05, 0) is 61.6 Å². The topological polar surface area (TPSA) is 87.4 Å². The minimum atomic E-state index is -0.371. The number of carbonyl (C=O) groups excluding carboxylic acids is 1. The number of rotatable bonds is 2. The number of primary amides is 1. The number of para-hydroxylation sites is 2. The summed E-state index contributed by atoms with van der Waals surface area (Å²) < 4.78 is 2.18. The quantitative estimate of drug-likeness (QED) is 0.729. The Bertz CT molecular complexity index is 1210. The summed E-state index contributed by atoms with van der Waals surface area (Å²) in [6.45, 7) is 1.72. The van der Waals surface area contributed by atoms with E-state index in [1.54, 1.807) is 0 Å². The van der Waals surface area contributed by atoms with E-state index in [0.717, 1.165) is 55.4 Å². The number of carbonyl (C=O) groups is 1. The van der Waals surface area contributed by atoms with Crippen LogP contribution in [-0.4, -0.2) is 28.4 Å². The van der Waals surface area contributed by atoms with E-state index in [0.29, 0.717) is 23.0 Å². The fraction of sp³-hybridized carbons (Fsp3) is 0.435. The fourth-order valence-corrected chi connectivity index (χ4v) is 6.01. The van der Waals surface area contributed by atoms with Crippen LogP contribution in [0.5, 0.6) is 0 Å². The van der Waals surface area contributed by atoms with E-state index in [-0.39, 0.29) is 11.8 Å². The second-order valence-corrected chi connectivity index (χ2v) is 8.75. The molecule has 6 heteroatoms. The molecular formula is C23H23N5O. The molecule has 1 aromatic carbocycles. The molecule has 3 aliphatic rings. The van der Waals surface area contributed by atoms with Gasteiger partial charge in [0.15, 0.2) is 5.65 Å². The van der Waals surface area contributed by atoms with Gasteiger partial charge in [0.2, 0.25) is 0 Å². The predicted octanol–water partition coefficient (Wildman–Crippen LogP) is 3.69. The lowest BCUT2D eigenvalue weighted by Gasteiger charge is -2.35. The van der Waals surface area contributed by atoms with Gasteiger partial charge in [-0.2, -0.15) is 5.26 Å². The first kappa shape index (κ1) is 16.8. The van der Waals surface area contributed by atoms with Gasteiger partial charge in [-0.15, -0.1) is 0 Å². The molecule has 6 nitrogen and oxygen atoms in total. The molecule has 3 heterocycles. The Labute approximate surface area is 168 Å². The molecule has 2 aromatic heterocycles. The summed E-state index contributed by atoms with van der Waals surface area (Å²) in [4.78, 5) is 19.9. The van der Waals surface area contributed by atoms with Crippen LogP contribution < -0.4 is 10.6 Å². The first-order valence-corrected chi connectivity index (χ1v) is 10.6. The fourth-order valence-electron chi connectivity index (χ4n) is 6.01. The average Bonchev–Trinajstić information content (AvgIpc) is 3.45. The number of aromatic nitrogens is 2. The van der Waals surface area contributed by atoms with Gasteiger partial charge < -0.3 is 10.6 Å². The van der Waals surface area contributed by atoms with Gasteiger partial charge in [0.05, 0.1) is 22.7 Å². The lowest BCUT2D eigenvalue weighted by molar-refractivity contribution is 0.1000. The Balaban J connectivity index is 1.70. The van der Waals surface area contributed by atoms with E-state index in [9.17, 15) is 10.1 Å². The summed E-state index contributed by atoms with van der Waals surface area (Å²) in [5, 5.41) is 9.33. The van der Waals surface area contributed by atoms with E-state index in [1.165, 1.54) is 17.8 Å². The molecule has 2 aliphatic carbocycles. The Kier molecular flexibility index (Phi) is 3.46. The lowest BCUT2D eigenvalue weighted by Crippen LogP contribution is -2.36. The van der Waals surface area contributed by atoms with Crippen LogP contribution in [0.3, 0.4) is 0 Å². The van der Waals surface area contributed by atoms with E-state index in [1.807, 2.05) is 18.2 Å². The molecule has 0 spiro atoms. The number of anilines is 1. The van der Waals surface area contributed by atoms with Crippen molar-refractivity contribution in [1.82, 2.24) is 9.38 Å². The second-order valence-electron chi connectivity index (χ2n) is 8.75. The van der Waals surface area contributed by atoms with Crippen LogP contribution in [0.1, 0.15) is 65.4 Å². The summed E-state index contributed by atoms with van der Waals surface area (Å²) in [6.07, 6.45) is 5.18. The number of nitrogens with two attached hydrogens (primary N) is 1. The highest BCUT2D eigenvalue weighted by molar-refractivity contribution is 6.04. The third-order valence-electron chi connectivity index (χ3n) is 7.27. The van der Waals surface area contributed by atoms with Crippen LogP contribution in [0.2, 0.25) is 0 Å². The van der Waals surface area contributed by atoms with Gasteiger partial charge in [-0.3, -0.25) is 9.20 Å². The first-order valence-electron chi connectivity index (χ1n) is 10.6. The molecule has 1 saturated heterocycles. The number of nitrogens with zero attached hydrogens (tertiary/aromatic N) is 4. The van der Waals surface area contributed by atoms with Crippen molar-refractivity contribution in [2.75, 3.05) is 18.0 Å². The molecule has 0 radical (unpaired) electrons. The van der Waals surface area contributed by atoms with Crippen molar-refractivity contribution in [2.45, 2.75) is 43.9 Å². The Morgan fingerprint density at radius 2 is 1.83 bits per heavy atom. The molecule has 1 aliphatic heterocycles. The number of pyridine rings is 1. The number of hydrogen-bond acceptors (Lipinski definition) is 4. The number of piperidine rings is 1. The monoisotopic (exact) mass is 385 g/mol.